The average molecular weight is 441 g/mol. The van der Waals surface area contributed by atoms with Gasteiger partial charge in [-0.2, -0.15) is 0 Å². The van der Waals surface area contributed by atoms with Crippen LogP contribution in [0.2, 0.25) is 5.02 Å². The van der Waals surface area contributed by atoms with Crippen molar-refractivity contribution < 1.29 is 9.47 Å². The minimum atomic E-state index is 0.186. The van der Waals surface area contributed by atoms with E-state index in [0.717, 1.165) is 54.9 Å². The molecule has 1 aliphatic carbocycles. The van der Waals surface area contributed by atoms with E-state index in [1.54, 1.807) is 0 Å². The molecule has 1 aliphatic heterocycles. The van der Waals surface area contributed by atoms with E-state index in [1.807, 2.05) is 6.07 Å². The number of hydrogen-bond donors (Lipinski definition) is 0. The molecule has 1 heterocycles. The van der Waals surface area contributed by atoms with Gasteiger partial charge in [0.2, 0.25) is 0 Å². The van der Waals surface area contributed by atoms with Gasteiger partial charge in [0.25, 0.3) is 0 Å². The molecule has 2 aromatic rings. The highest BCUT2D eigenvalue weighted by molar-refractivity contribution is 6.31. The average Bonchev–Trinajstić information content (AvgIpc) is 3.63. The molecule has 2 aliphatic rings. The fourth-order valence-corrected chi connectivity index (χ4v) is 4.93. The van der Waals surface area contributed by atoms with Crippen molar-refractivity contribution in [3.63, 3.8) is 0 Å². The first kappa shape index (κ1) is 22.7. The third-order valence-corrected chi connectivity index (χ3v) is 7.38. The predicted octanol–water partition coefficient (Wildman–Crippen LogP) is 8.16. The summed E-state index contributed by atoms with van der Waals surface area (Å²) in [6.45, 7) is 5.35. The molecule has 0 radical (unpaired) electrons. The van der Waals surface area contributed by atoms with Crippen LogP contribution < -0.4 is 4.74 Å². The fourth-order valence-electron chi connectivity index (χ4n) is 4.75. The molecule has 2 nitrogen and oxygen atoms in total. The molecule has 1 saturated carbocycles. The summed E-state index contributed by atoms with van der Waals surface area (Å²) in [5.41, 5.74) is 3.70. The van der Waals surface area contributed by atoms with Crippen LogP contribution >= 0.6 is 11.6 Å². The summed E-state index contributed by atoms with van der Waals surface area (Å²) in [6, 6.07) is 15.0. The lowest BCUT2D eigenvalue weighted by atomic mass is 9.86. The van der Waals surface area contributed by atoms with Crippen LogP contribution in [0.1, 0.15) is 88.0 Å². The van der Waals surface area contributed by atoms with Crippen LogP contribution in [0.25, 0.3) is 0 Å². The summed E-state index contributed by atoms with van der Waals surface area (Å²) in [5, 5.41) is 0.832. The number of benzene rings is 2. The third-order valence-electron chi connectivity index (χ3n) is 7.01. The molecular formula is C28H37ClO2. The maximum Gasteiger partial charge on any atom is 0.119 e. The second-order valence-electron chi connectivity index (χ2n) is 9.51. The van der Waals surface area contributed by atoms with Crippen molar-refractivity contribution >= 4 is 11.6 Å². The maximum absolute atomic E-state index is 6.58. The van der Waals surface area contributed by atoms with Gasteiger partial charge in [-0.25, -0.2) is 0 Å². The van der Waals surface area contributed by atoms with Gasteiger partial charge in [-0.1, -0.05) is 69.0 Å². The van der Waals surface area contributed by atoms with Crippen LogP contribution in [0, 0.1) is 11.8 Å². The van der Waals surface area contributed by atoms with E-state index >= 15 is 0 Å². The zero-order valence-electron chi connectivity index (χ0n) is 19.1. The number of ether oxygens (including phenoxy) is 2. The Bertz CT molecular complexity index is 815. The molecular weight excluding hydrogens is 404 g/mol. The predicted molar refractivity (Wildman–Crippen MR) is 129 cm³/mol. The minimum Gasteiger partial charge on any atom is -0.494 e. The Hall–Kier alpha value is -1.51. The highest BCUT2D eigenvalue weighted by Gasteiger charge is 2.29. The SMILES string of the molecule is CCC1CC(CC)O[C@H](c2ccc(Cl)c(Cc3ccc(OCCCC4CC4)cc3)c2)C1. The lowest BCUT2D eigenvalue weighted by Gasteiger charge is -2.35. The quantitative estimate of drug-likeness (QED) is 0.347. The Morgan fingerprint density at radius 2 is 1.77 bits per heavy atom. The lowest BCUT2D eigenvalue weighted by molar-refractivity contribution is -0.0747. The summed E-state index contributed by atoms with van der Waals surface area (Å²) >= 11 is 6.58. The molecule has 2 aromatic carbocycles. The Morgan fingerprint density at radius 1 is 0.968 bits per heavy atom. The standard InChI is InChI=1S/C28H37ClO2/c1-3-20-17-25(4-2)31-28(18-20)23-11-14-27(29)24(19-23)16-22-9-12-26(13-10-22)30-15-5-6-21-7-8-21/h9-14,19-21,25,28H,3-8,15-18H2,1-2H3/t20?,25?,28-/m0/s1. The molecule has 0 amide bonds. The molecule has 4 rings (SSSR count). The van der Waals surface area contributed by atoms with Crippen molar-refractivity contribution in [1.29, 1.82) is 0 Å². The smallest absolute Gasteiger partial charge is 0.119 e. The zero-order chi connectivity index (χ0) is 21.6. The topological polar surface area (TPSA) is 18.5 Å². The normalized spacial score (nSPS) is 23.6. The molecule has 0 N–H and O–H groups in total. The fraction of sp³-hybridized carbons (Fsp3) is 0.571. The maximum atomic E-state index is 6.58. The molecule has 2 fully saturated rings. The van der Waals surface area contributed by atoms with Crippen molar-refractivity contribution in [3.05, 3.63) is 64.2 Å². The molecule has 0 spiro atoms. The Labute approximate surface area is 193 Å². The van der Waals surface area contributed by atoms with E-state index in [2.05, 4.69) is 50.2 Å². The van der Waals surface area contributed by atoms with Crippen LogP contribution in [0.15, 0.2) is 42.5 Å². The highest BCUT2D eigenvalue weighted by atomic mass is 35.5. The Morgan fingerprint density at radius 3 is 2.48 bits per heavy atom. The molecule has 3 atom stereocenters. The molecule has 168 valence electrons. The summed E-state index contributed by atoms with van der Waals surface area (Å²) in [6.07, 6.45) is 11.3. The molecule has 3 heteroatoms. The monoisotopic (exact) mass is 440 g/mol. The second kappa shape index (κ2) is 10.9. The van der Waals surface area contributed by atoms with Crippen LogP contribution in [-0.2, 0) is 11.2 Å². The van der Waals surface area contributed by atoms with E-state index < -0.39 is 0 Å². The van der Waals surface area contributed by atoms with Gasteiger partial charge in [0, 0.05) is 5.02 Å². The summed E-state index contributed by atoms with van der Waals surface area (Å²) < 4.78 is 12.3. The van der Waals surface area contributed by atoms with Gasteiger partial charge in [0.1, 0.15) is 5.75 Å². The molecule has 0 aromatic heterocycles. The van der Waals surface area contributed by atoms with Gasteiger partial charge in [0.15, 0.2) is 0 Å². The van der Waals surface area contributed by atoms with Gasteiger partial charge < -0.3 is 9.47 Å². The van der Waals surface area contributed by atoms with Gasteiger partial charge in [-0.05, 0) is 85.3 Å². The number of halogens is 1. The van der Waals surface area contributed by atoms with E-state index in [-0.39, 0.29) is 6.10 Å². The third kappa shape index (κ3) is 6.49. The van der Waals surface area contributed by atoms with Gasteiger partial charge in [-0.15, -0.1) is 0 Å². The summed E-state index contributed by atoms with van der Waals surface area (Å²) in [4.78, 5) is 0. The first-order valence-corrected chi connectivity index (χ1v) is 12.7. The van der Waals surface area contributed by atoms with Gasteiger partial charge in [-0.3, -0.25) is 0 Å². The largest absolute Gasteiger partial charge is 0.494 e. The van der Waals surface area contributed by atoms with Crippen molar-refractivity contribution in [2.45, 2.75) is 83.8 Å². The minimum absolute atomic E-state index is 0.186. The Balaban J connectivity index is 1.37. The second-order valence-corrected chi connectivity index (χ2v) is 9.91. The first-order chi connectivity index (χ1) is 15.1. The van der Waals surface area contributed by atoms with Crippen LogP contribution in [0.3, 0.4) is 0 Å². The first-order valence-electron chi connectivity index (χ1n) is 12.3. The summed E-state index contributed by atoms with van der Waals surface area (Å²) in [5.74, 6) is 2.69. The zero-order valence-corrected chi connectivity index (χ0v) is 19.9. The van der Waals surface area contributed by atoms with Crippen molar-refractivity contribution in [2.75, 3.05) is 6.61 Å². The van der Waals surface area contributed by atoms with Crippen molar-refractivity contribution in [2.24, 2.45) is 11.8 Å². The van der Waals surface area contributed by atoms with E-state index in [0.29, 0.717) is 6.10 Å². The van der Waals surface area contributed by atoms with E-state index in [1.165, 1.54) is 48.8 Å². The lowest BCUT2D eigenvalue weighted by Crippen LogP contribution is -2.27. The van der Waals surface area contributed by atoms with Crippen LogP contribution in [0.5, 0.6) is 5.75 Å². The van der Waals surface area contributed by atoms with E-state index in [4.69, 9.17) is 21.1 Å². The molecule has 2 unspecified atom stereocenters. The van der Waals surface area contributed by atoms with Gasteiger partial charge >= 0.3 is 0 Å². The van der Waals surface area contributed by atoms with Crippen LogP contribution in [0.4, 0.5) is 0 Å². The molecule has 31 heavy (non-hydrogen) atoms. The van der Waals surface area contributed by atoms with E-state index in [9.17, 15) is 0 Å². The van der Waals surface area contributed by atoms with Crippen LogP contribution in [-0.4, -0.2) is 12.7 Å². The molecule has 0 bridgehead atoms. The van der Waals surface area contributed by atoms with Crippen molar-refractivity contribution in [1.82, 2.24) is 0 Å². The van der Waals surface area contributed by atoms with Gasteiger partial charge in [0.05, 0.1) is 18.8 Å². The number of hydrogen-bond acceptors (Lipinski definition) is 2. The summed E-state index contributed by atoms with van der Waals surface area (Å²) in [7, 11) is 0. The highest BCUT2D eigenvalue weighted by Crippen LogP contribution is 2.38. The number of rotatable bonds is 10. The van der Waals surface area contributed by atoms with Crippen molar-refractivity contribution in [3.8, 4) is 5.75 Å². The molecule has 1 saturated heterocycles. The Kier molecular flexibility index (Phi) is 7.96.